The predicted octanol–water partition coefficient (Wildman–Crippen LogP) is 3.69. The number of nitro benzene ring substituents is 2. The highest BCUT2D eigenvalue weighted by molar-refractivity contribution is 6.01. The largest absolute Gasteiger partial charge is 0.309 e. The van der Waals surface area contributed by atoms with Crippen LogP contribution in [0.5, 0.6) is 0 Å². The van der Waals surface area contributed by atoms with Crippen LogP contribution in [0.3, 0.4) is 0 Å². The number of hydrogen-bond acceptors (Lipinski definition) is 7. The molecule has 0 saturated carbocycles. The highest BCUT2D eigenvalue weighted by atomic mass is 35.5. The quantitative estimate of drug-likeness (QED) is 0.415. The molecular weight excluding hydrogens is 374 g/mol. The van der Waals surface area contributed by atoms with Gasteiger partial charge in [-0.05, 0) is 25.7 Å². The number of rotatable bonds is 8. The molecule has 2 aromatic rings. The van der Waals surface area contributed by atoms with E-state index in [0.29, 0.717) is 6.42 Å². The lowest BCUT2D eigenvalue weighted by Crippen LogP contribution is -2.18. The van der Waals surface area contributed by atoms with Gasteiger partial charge in [0.15, 0.2) is 0 Å². The molecule has 0 atom stereocenters. The molecule has 0 aromatic heterocycles. The van der Waals surface area contributed by atoms with Gasteiger partial charge in [0.2, 0.25) is 0 Å². The van der Waals surface area contributed by atoms with Gasteiger partial charge in [-0.15, -0.1) is 12.4 Å². The van der Waals surface area contributed by atoms with Crippen molar-refractivity contribution in [3.05, 3.63) is 74.3 Å². The Morgan fingerprint density at radius 3 is 2.30 bits per heavy atom. The summed E-state index contributed by atoms with van der Waals surface area (Å²) in [6.07, 6.45) is 0.630. The molecule has 2 aromatic carbocycles. The van der Waals surface area contributed by atoms with Crippen LogP contribution in [-0.4, -0.2) is 41.1 Å². The lowest BCUT2D eigenvalue weighted by Gasteiger charge is -2.12. The lowest BCUT2D eigenvalue weighted by atomic mass is 10.1. The van der Waals surface area contributed by atoms with Gasteiger partial charge >= 0.3 is 5.69 Å². The van der Waals surface area contributed by atoms with Gasteiger partial charge in [-0.1, -0.05) is 30.3 Å². The molecule has 0 bridgehead atoms. The first-order valence-electron chi connectivity index (χ1n) is 7.84. The van der Waals surface area contributed by atoms with E-state index in [4.69, 9.17) is 0 Å². The molecule has 0 heterocycles. The summed E-state index contributed by atoms with van der Waals surface area (Å²) in [6, 6.07) is 12.9. The molecule has 10 heteroatoms. The van der Waals surface area contributed by atoms with E-state index in [0.717, 1.165) is 23.9 Å². The van der Waals surface area contributed by atoms with Crippen LogP contribution >= 0.6 is 12.4 Å². The van der Waals surface area contributed by atoms with Crippen molar-refractivity contribution in [2.45, 2.75) is 6.42 Å². The highest BCUT2D eigenvalue weighted by Crippen LogP contribution is 2.29. The summed E-state index contributed by atoms with van der Waals surface area (Å²) in [6.45, 7) is 0.748. The second-order valence-electron chi connectivity index (χ2n) is 5.81. The van der Waals surface area contributed by atoms with Crippen molar-refractivity contribution in [1.29, 1.82) is 0 Å². The first-order valence-corrected chi connectivity index (χ1v) is 7.84. The summed E-state index contributed by atoms with van der Waals surface area (Å²) in [5.41, 5.74) is 3.66. The van der Waals surface area contributed by atoms with E-state index in [2.05, 4.69) is 10.5 Å². The molecular formula is C17H20ClN5O4. The van der Waals surface area contributed by atoms with E-state index >= 15 is 0 Å². The summed E-state index contributed by atoms with van der Waals surface area (Å²) in [5, 5.41) is 26.4. The van der Waals surface area contributed by atoms with Crippen molar-refractivity contribution >= 4 is 35.2 Å². The molecule has 0 saturated heterocycles. The fourth-order valence-electron chi connectivity index (χ4n) is 2.23. The van der Waals surface area contributed by atoms with E-state index in [1.165, 1.54) is 12.1 Å². The Balaban J connectivity index is 0.00000364. The third kappa shape index (κ3) is 6.32. The van der Waals surface area contributed by atoms with Gasteiger partial charge in [-0.25, -0.2) is 0 Å². The molecule has 0 aliphatic carbocycles. The molecule has 144 valence electrons. The normalized spacial score (nSPS) is 11.0. The number of nitrogens with one attached hydrogen (secondary N) is 1. The molecule has 0 aliphatic rings. The van der Waals surface area contributed by atoms with Crippen LogP contribution in [0.2, 0.25) is 0 Å². The SMILES string of the molecule is CN(C)CCC(=NNc1ccc([N+](=O)[O-])cc1[N+](=O)[O-])c1ccccc1.Cl. The summed E-state index contributed by atoms with van der Waals surface area (Å²) >= 11 is 0. The number of non-ortho nitro benzene ring substituents is 1. The maximum absolute atomic E-state index is 11.2. The monoisotopic (exact) mass is 393 g/mol. The summed E-state index contributed by atoms with van der Waals surface area (Å²) in [7, 11) is 3.88. The van der Waals surface area contributed by atoms with Crippen molar-refractivity contribution in [3.8, 4) is 0 Å². The molecule has 0 spiro atoms. The number of nitrogens with zero attached hydrogens (tertiary/aromatic N) is 4. The Kier molecular flexibility index (Phi) is 8.31. The molecule has 27 heavy (non-hydrogen) atoms. The van der Waals surface area contributed by atoms with Crippen molar-refractivity contribution < 1.29 is 9.85 Å². The molecule has 0 aliphatic heterocycles. The minimum atomic E-state index is -0.674. The van der Waals surface area contributed by atoms with Gasteiger partial charge < -0.3 is 4.90 Å². The number of benzene rings is 2. The van der Waals surface area contributed by atoms with E-state index in [1.807, 2.05) is 49.3 Å². The first-order chi connectivity index (χ1) is 12.4. The van der Waals surface area contributed by atoms with Crippen LogP contribution in [0.4, 0.5) is 17.1 Å². The molecule has 0 radical (unpaired) electrons. The second-order valence-corrected chi connectivity index (χ2v) is 5.81. The van der Waals surface area contributed by atoms with Gasteiger partial charge in [-0.3, -0.25) is 25.7 Å². The minimum Gasteiger partial charge on any atom is -0.309 e. The van der Waals surface area contributed by atoms with Crippen LogP contribution in [0.15, 0.2) is 53.6 Å². The van der Waals surface area contributed by atoms with Crippen LogP contribution < -0.4 is 5.43 Å². The maximum atomic E-state index is 11.2. The average molecular weight is 394 g/mol. The molecule has 0 fully saturated rings. The number of halogens is 1. The Morgan fingerprint density at radius 2 is 1.74 bits per heavy atom. The van der Waals surface area contributed by atoms with Gasteiger partial charge in [-0.2, -0.15) is 5.10 Å². The summed E-state index contributed by atoms with van der Waals surface area (Å²) < 4.78 is 0. The molecule has 0 amide bonds. The minimum absolute atomic E-state index is 0. The molecule has 1 N–H and O–H groups in total. The van der Waals surface area contributed by atoms with Crippen LogP contribution in [-0.2, 0) is 0 Å². The Hall–Kier alpha value is -3.04. The third-order valence-electron chi connectivity index (χ3n) is 3.60. The van der Waals surface area contributed by atoms with E-state index in [-0.39, 0.29) is 23.8 Å². The zero-order valence-electron chi connectivity index (χ0n) is 14.9. The number of nitro groups is 2. The zero-order valence-corrected chi connectivity index (χ0v) is 15.7. The average Bonchev–Trinajstić information content (AvgIpc) is 2.62. The Bertz CT molecular complexity index is 827. The fraction of sp³-hybridized carbons (Fsp3) is 0.235. The molecule has 0 unspecified atom stereocenters. The van der Waals surface area contributed by atoms with Crippen molar-refractivity contribution in [2.24, 2.45) is 5.10 Å². The maximum Gasteiger partial charge on any atom is 0.301 e. The van der Waals surface area contributed by atoms with Crippen molar-refractivity contribution in [3.63, 3.8) is 0 Å². The van der Waals surface area contributed by atoms with Gasteiger partial charge in [0.25, 0.3) is 5.69 Å². The van der Waals surface area contributed by atoms with Gasteiger partial charge in [0.05, 0.1) is 21.6 Å². The number of hydrazone groups is 1. The summed E-state index contributed by atoms with van der Waals surface area (Å²) in [5.74, 6) is 0. The van der Waals surface area contributed by atoms with E-state index < -0.39 is 15.5 Å². The highest BCUT2D eigenvalue weighted by Gasteiger charge is 2.19. The standard InChI is InChI=1S/C17H19N5O4.ClH/c1-20(2)11-10-15(13-6-4-3-5-7-13)18-19-16-9-8-14(21(23)24)12-17(16)22(25)26;/h3-9,12,19H,10-11H2,1-2H3;1H. The number of hydrogen-bond donors (Lipinski definition) is 1. The van der Waals surface area contributed by atoms with Crippen LogP contribution in [0.1, 0.15) is 12.0 Å². The lowest BCUT2D eigenvalue weighted by molar-refractivity contribution is -0.393. The summed E-state index contributed by atoms with van der Waals surface area (Å²) in [4.78, 5) is 22.7. The zero-order chi connectivity index (χ0) is 19.1. The van der Waals surface area contributed by atoms with Gasteiger partial charge in [0, 0.05) is 19.0 Å². The van der Waals surface area contributed by atoms with Crippen LogP contribution in [0, 0.1) is 20.2 Å². The third-order valence-corrected chi connectivity index (χ3v) is 3.60. The first kappa shape index (κ1) is 22.0. The van der Waals surface area contributed by atoms with Crippen LogP contribution in [0.25, 0.3) is 0 Å². The smallest absolute Gasteiger partial charge is 0.301 e. The van der Waals surface area contributed by atoms with Crippen molar-refractivity contribution in [2.75, 3.05) is 26.1 Å². The fourth-order valence-corrected chi connectivity index (χ4v) is 2.23. The van der Waals surface area contributed by atoms with E-state index in [9.17, 15) is 20.2 Å². The number of anilines is 1. The Labute approximate surface area is 162 Å². The Morgan fingerprint density at radius 1 is 1.07 bits per heavy atom. The topological polar surface area (TPSA) is 114 Å². The van der Waals surface area contributed by atoms with Gasteiger partial charge in [0.1, 0.15) is 5.69 Å². The van der Waals surface area contributed by atoms with E-state index in [1.54, 1.807) is 0 Å². The second kappa shape index (κ2) is 10.2. The molecule has 9 nitrogen and oxygen atoms in total. The van der Waals surface area contributed by atoms with Crippen molar-refractivity contribution in [1.82, 2.24) is 4.90 Å². The predicted molar refractivity (Wildman–Crippen MR) is 107 cm³/mol. The molecule has 2 rings (SSSR count).